The summed E-state index contributed by atoms with van der Waals surface area (Å²) in [5.74, 6) is 0.879. The third-order valence-corrected chi connectivity index (χ3v) is 5.30. The van der Waals surface area contributed by atoms with E-state index < -0.39 is 6.04 Å². The zero-order valence-electron chi connectivity index (χ0n) is 16.1. The predicted octanol–water partition coefficient (Wildman–Crippen LogP) is 2.32. The summed E-state index contributed by atoms with van der Waals surface area (Å²) in [6, 6.07) is 6.72. The number of carbonyl (C=O) groups is 2. The Balaban J connectivity index is 1.63. The van der Waals surface area contributed by atoms with Gasteiger partial charge in [0.25, 0.3) is 0 Å². The van der Waals surface area contributed by atoms with Crippen molar-refractivity contribution in [3.8, 4) is 11.4 Å². The minimum Gasteiger partial charge on any atom is -0.356 e. The fourth-order valence-corrected chi connectivity index (χ4v) is 3.49. The van der Waals surface area contributed by atoms with Gasteiger partial charge in [0.15, 0.2) is 6.04 Å². The van der Waals surface area contributed by atoms with Crippen molar-refractivity contribution in [1.82, 2.24) is 30.4 Å². The fraction of sp³-hybridized carbons (Fsp3) is 0.526. The lowest BCUT2D eigenvalue weighted by atomic mass is 9.96. The average molecular weight is 405 g/mol. The average Bonchev–Trinajstić information content (AvgIpc) is 3.17. The van der Waals surface area contributed by atoms with Crippen LogP contribution >= 0.6 is 11.6 Å². The van der Waals surface area contributed by atoms with Crippen LogP contribution < -0.4 is 5.32 Å². The molecule has 2 amide bonds. The van der Waals surface area contributed by atoms with Crippen molar-refractivity contribution in [2.24, 2.45) is 5.92 Å². The number of nitrogens with one attached hydrogen (secondary N) is 1. The molecule has 0 bridgehead atoms. The number of rotatable bonds is 6. The molecule has 9 heteroatoms. The Hall–Kier alpha value is -2.48. The van der Waals surface area contributed by atoms with Crippen molar-refractivity contribution < 1.29 is 9.59 Å². The lowest BCUT2D eigenvalue weighted by Gasteiger charge is -2.33. The van der Waals surface area contributed by atoms with Crippen LogP contribution in [-0.2, 0) is 9.59 Å². The van der Waals surface area contributed by atoms with Crippen LogP contribution in [0.15, 0.2) is 24.3 Å². The maximum atomic E-state index is 13.0. The molecule has 0 saturated carbocycles. The summed E-state index contributed by atoms with van der Waals surface area (Å²) < 4.78 is 0. The lowest BCUT2D eigenvalue weighted by molar-refractivity contribution is -0.137. The lowest BCUT2D eigenvalue weighted by Crippen LogP contribution is -2.44. The minimum absolute atomic E-state index is 0.0144. The maximum Gasteiger partial charge on any atom is 0.249 e. The molecule has 3 rings (SSSR count). The molecule has 2 aromatic rings. The molecule has 1 atom stereocenters. The number of carbonyl (C=O) groups excluding carboxylic acids is 2. The van der Waals surface area contributed by atoms with E-state index >= 15 is 0 Å². The van der Waals surface area contributed by atoms with Gasteiger partial charge in [-0.1, -0.05) is 18.5 Å². The highest BCUT2D eigenvalue weighted by Crippen LogP contribution is 2.22. The van der Waals surface area contributed by atoms with Crippen LogP contribution in [0.2, 0.25) is 5.02 Å². The first kappa shape index (κ1) is 20.3. The third kappa shape index (κ3) is 4.86. The molecule has 1 fully saturated rings. The molecular weight excluding hydrogens is 380 g/mol. The van der Waals surface area contributed by atoms with Crippen LogP contribution in [0.25, 0.3) is 11.4 Å². The Labute approximate surface area is 169 Å². The molecule has 1 aromatic carbocycles. The van der Waals surface area contributed by atoms with Crippen molar-refractivity contribution in [1.29, 1.82) is 0 Å². The first-order valence-corrected chi connectivity index (χ1v) is 9.94. The summed E-state index contributed by atoms with van der Waals surface area (Å²) in [6.45, 7) is 5.49. The number of aromatic nitrogens is 4. The van der Waals surface area contributed by atoms with Crippen LogP contribution in [0.4, 0.5) is 0 Å². The molecule has 1 aliphatic rings. The summed E-state index contributed by atoms with van der Waals surface area (Å²) in [5, 5.41) is 16.1. The SMILES string of the molecule is CCC(C(=O)N1CCC(CNC(C)=O)CC1)n1nnc(-c2ccc(Cl)cc2)n1. The monoisotopic (exact) mass is 404 g/mol. The summed E-state index contributed by atoms with van der Waals surface area (Å²) >= 11 is 5.92. The molecule has 1 N–H and O–H groups in total. The summed E-state index contributed by atoms with van der Waals surface area (Å²) in [5.41, 5.74) is 0.803. The first-order chi connectivity index (χ1) is 13.5. The van der Waals surface area contributed by atoms with Gasteiger partial charge in [0, 0.05) is 37.1 Å². The quantitative estimate of drug-likeness (QED) is 0.797. The van der Waals surface area contributed by atoms with Gasteiger partial charge in [-0.15, -0.1) is 10.2 Å². The molecule has 28 heavy (non-hydrogen) atoms. The van der Waals surface area contributed by atoms with Crippen LogP contribution in [-0.4, -0.2) is 56.6 Å². The molecular formula is C19H25ClN6O2. The Morgan fingerprint density at radius 1 is 1.25 bits per heavy atom. The van der Waals surface area contributed by atoms with Gasteiger partial charge in [0.05, 0.1) is 0 Å². The number of halogens is 1. The molecule has 1 unspecified atom stereocenters. The predicted molar refractivity (Wildman–Crippen MR) is 106 cm³/mol. The highest BCUT2D eigenvalue weighted by molar-refractivity contribution is 6.30. The molecule has 0 radical (unpaired) electrons. The van der Waals surface area contributed by atoms with Gasteiger partial charge in [-0.2, -0.15) is 4.80 Å². The number of tetrazole rings is 1. The van der Waals surface area contributed by atoms with Crippen molar-refractivity contribution >= 4 is 23.4 Å². The number of amides is 2. The molecule has 1 saturated heterocycles. The fourth-order valence-electron chi connectivity index (χ4n) is 3.36. The second kappa shape index (κ2) is 9.14. The highest BCUT2D eigenvalue weighted by Gasteiger charge is 2.30. The van der Waals surface area contributed by atoms with E-state index in [2.05, 4.69) is 20.7 Å². The van der Waals surface area contributed by atoms with Gasteiger partial charge in [0.2, 0.25) is 17.6 Å². The van der Waals surface area contributed by atoms with Crippen molar-refractivity contribution in [2.45, 2.75) is 39.2 Å². The summed E-state index contributed by atoms with van der Waals surface area (Å²) in [4.78, 5) is 27.3. The van der Waals surface area contributed by atoms with Gasteiger partial charge in [-0.05, 0) is 54.7 Å². The van der Waals surface area contributed by atoms with Crippen LogP contribution in [0.5, 0.6) is 0 Å². The van der Waals surface area contributed by atoms with E-state index in [4.69, 9.17) is 11.6 Å². The van der Waals surface area contributed by atoms with E-state index in [1.54, 1.807) is 12.1 Å². The van der Waals surface area contributed by atoms with Crippen LogP contribution in [0, 0.1) is 5.92 Å². The Bertz CT molecular complexity index is 814. The summed E-state index contributed by atoms with van der Waals surface area (Å²) in [6.07, 6.45) is 2.34. The second-order valence-corrected chi connectivity index (χ2v) is 7.51. The standard InChI is InChI=1S/C19H25ClN6O2/c1-3-17(19(28)25-10-8-14(9-11-25)12-21-13(2)27)26-23-18(22-24-26)15-4-6-16(20)7-5-15/h4-7,14,17H,3,8-12H2,1-2H3,(H,21,27). The van der Waals surface area contributed by atoms with Gasteiger partial charge in [0.1, 0.15) is 0 Å². The number of nitrogens with zero attached hydrogens (tertiary/aromatic N) is 5. The molecule has 2 heterocycles. The first-order valence-electron chi connectivity index (χ1n) is 9.56. The van der Waals surface area contributed by atoms with Crippen molar-refractivity contribution in [3.05, 3.63) is 29.3 Å². The zero-order chi connectivity index (χ0) is 20.1. The van der Waals surface area contributed by atoms with Gasteiger partial charge in [-0.25, -0.2) is 0 Å². The molecule has 0 spiro atoms. The van der Waals surface area contributed by atoms with Crippen LogP contribution in [0.1, 0.15) is 39.2 Å². The number of piperidine rings is 1. The number of likely N-dealkylation sites (tertiary alicyclic amines) is 1. The Kier molecular flexibility index (Phi) is 6.61. The molecule has 1 aliphatic heterocycles. The van der Waals surface area contributed by atoms with Crippen LogP contribution in [0.3, 0.4) is 0 Å². The molecule has 8 nitrogen and oxygen atoms in total. The molecule has 150 valence electrons. The van der Waals surface area contributed by atoms with E-state index in [0.717, 1.165) is 18.4 Å². The van der Waals surface area contributed by atoms with Crippen molar-refractivity contribution in [2.75, 3.05) is 19.6 Å². The van der Waals surface area contributed by atoms with Gasteiger partial charge in [-0.3, -0.25) is 9.59 Å². The highest BCUT2D eigenvalue weighted by atomic mass is 35.5. The normalized spacial score (nSPS) is 16.0. The third-order valence-electron chi connectivity index (χ3n) is 5.05. The Morgan fingerprint density at radius 3 is 2.54 bits per heavy atom. The minimum atomic E-state index is -0.472. The number of hydrogen-bond donors (Lipinski definition) is 1. The van der Waals surface area contributed by atoms with Crippen molar-refractivity contribution in [3.63, 3.8) is 0 Å². The van der Waals surface area contributed by atoms with Gasteiger partial charge >= 0.3 is 0 Å². The topological polar surface area (TPSA) is 93.0 Å². The Morgan fingerprint density at radius 2 is 1.93 bits per heavy atom. The maximum absolute atomic E-state index is 13.0. The summed E-state index contributed by atoms with van der Waals surface area (Å²) in [7, 11) is 0. The van der Waals surface area contributed by atoms with E-state index in [-0.39, 0.29) is 11.8 Å². The second-order valence-electron chi connectivity index (χ2n) is 7.07. The largest absolute Gasteiger partial charge is 0.356 e. The molecule has 1 aromatic heterocycles. The zero-order valence-corrected chi connectivity index (χ0v) is 16.9. The van der Waals surface area contributed by atoms with E-state index in [1.165, 1.54) is 11.7 Å². The number of benzene rings is 1. The van der Waals surface area contributed by atoms with E-state index in [1.807, 2.05) is 24.0 Å². The van der Waals surface area contributed by atoms with Gasteiger partial charge < -0.3 is 10.2 Å². The molecule has 0 aliphatic carbocycles. The van der Waals surface area contributed by atoms with E-state index in [0.29, 0.717) is 42.8 Å². The van der Waals surface area contributed by atoms with E-state index in [9.17, 15) is 9.59 Å². The number of hydrogen-bond acceptors (Lipinski definition) is 5. The smallest absolute Gasteiger partial charge is 0.249 e.